The molecular formula is C15H20ClN3O2S. The van der Waals surface area contributed by atoms with Gasteiger partial charge in [-0.1, -0.05) is 0 Å². The number of carbonyl (C=O) groups excluding carboxylic acids is 2. The monoisotopic (exact) mass is 341 g/mol. The van der Waals surface area contributed by atoms with Gasteiger partial charge in [0.15, 0.2) is 0 Å². The topological polar surface area (TPSA) is 75.4 Å². The maximum absolute atomic E-state index is 12.5. The Hall–Kier alpha value is -1.24. The van der Waals surface area contributed by atoms with Crippen molar-refractivity contribution in [2.75, 3.05) is 30.7 Å². The maximum Gasteiger partial charge on any atom is 0.253 e. The van der Waals surface area contributed by atoms with E-state index in [2.05, 4.69) is 5.32 Å². The molecule has 0 aliphatic carbocycles. The van der Waals surface area contributed by atoms with E-state index in [1.807, 2.05) is 17.0 Å². The molecule has 0 spiro atoms. The van der Waals surface area contributed by atoms with E-state index in [0.29, 0.717) is 24.4 Å². The molecule has 2 aliphatic rings. The minimum absolute atomic E-state index is 0. The van der Waals surface area contributed by atoms with Crippen LogP contribution in [0.1, 0.15) is 23.2 Å². The van der Waals surface area contributed by atoms with Gasteiger partial charge in [0.2, 0.25) is 5.91 Å². The van der Waals surface area contributed by atoms with Crippen molar-refractivity contribution in [1.29, 1.82) is 0 Å². The highest BCUT2D eigenvalue weighted by Crippen LogP contribution is 2.32. The van der Waals surface area contributed by atoms with Crippen LogP contribution in [0.4, 0.5) is 5.69 Å². The minimum Gasteiger partial charge on any atom is -0.338 e. The molecule has 22 heavy (non-hydrogen) atoms. The molecule has 3 N–H and O–H groups in total. The molecule has 0 radical (unpaired) electrons. The molecule has 0 aromatic heterocycles. The van der Waals surface area contributed by atoms with Crippen molar-refractivity contribution in [2.45, 2.75) is 17.7 Å². The molecule has 1 unspecified atom stereocenters. The van der Waals surface area contributed by atoms with Crippen molar-refractivity contribution in [2.24, 2.45) is 11.7 Å². The van der Waals surface area contributed by atoms with Gasteiger partial charge in [-0.3, -0.25) is 9.59 Å². The Kier molecular flexibility index (Phi) is 5.72. The van der Waals surface area contributed by atoms with Crippen LogP contribution in [0.3, 0.4) is 0 Å². The minimum atomic E-state index is 0. The number of benzene rings is 1. The number of thioether (sulfide) groups is 1. The lowest BCUT2D eigenvalue weighted by atomic mass is 10.1. The van der Waals surface area contributed by atoms with Crippen LogP contribution in [0.15, 0.2) is 23.1 Å². The zero-order chi connectivity index (χ0) is 14.8. The third kappa shape index (κ3) is 3.56. The number of hydrogen-bond acceptors (Lipinski definition) is 4. The van der Waals surface area contributed by atoms with Gasteiger partial charge in [-0.15, -0.1) is 24.2 Å². The summed E-state index contributed by atoms with van der Waals surface area (Å²) in [5, 5.41) is 2.88. The van der Waals surface area contributed by atoms with Crippen molar-refractivity contribution in [3.8, 4) is 0 Å². The summed E-state index contributed by atoms with van der Waals surface area (Å²) in [6.45, 7) is 2.12. The maximum atomic E-state index is 12.5. The molecule has 1 atom stereocenters. The Morgan fingerprint density at radius 3 is 3.00 bits per heavy atom. The second-order valence-corrected chi connectivity index (χ2v) is 6.64. The number of hydrogen-bond donors (Lipinski definition) is 2. The summed E-state index contributed by atoms with van der Waals surface area (Å²) in [4.78, 5) is 27.0. The predicted molar refractivity (Wildman–Crippen MR) is 90.7 cm³/mol. The summed E-state index contributed by atoms with van der Waals surface area (Å²) in [5.41, 5.74) is 7.06. The lowest BCUT2D eigenvalue weighted by molar-refractivity contribution is -0.115. The van der Waals surface area contributed by atoms with Crippen LogP contribution in [0.5, 0.6) is 0 Å². The van der Waals surface area contributed by atoms with Gasteiger partial charge in [0, 0.05) is 35.7 Å². The van der Waals surface area contributed by atoms with Gasteiger partial charge in [-0.2, -0.15) is 0 Å². The van der Waals surface area contributed by atoms with Gasteiger partial charge in [0.05, 0.1) is 5.69 Å². The molecule has 120 valence electrons. The molecule has 5 nitrogen and oxygen atoms in total. The van der Waals surface area contributed by atoms with Crippen LogP contribution in [0.25, 0.3) is 0 Å². The first kappa shape index (κ1) is 17.1. The molecule has 1 aromatic carbocycles. The molecular weight excluding hydrogens is 322 g/mol. The molecule has 2 heterocycles. The van der Waals surface area contributed by atoms with Crippen molar-refractivity contribution in [1.82, 2.24) is 4.90 Å². The van der Waals surface area contributed by atoms with Crippen LogP contribution < -0.4 is 11.1 Å². The number of nitrogens with two attached hydrogens (primary N) is 1. The zero-order valence-electron chi connectivity index (χ0n) is 12.2. The van der Waals surface area contributed by atoms with Gasteiger partial charge in [0.1, 0.15) is 0 Å². The first-order valence-corrected chi connectivity index (χ1v) is 8.22. The highest BCUT2D eigenvalue weighted by atomic mass is 35.5. The summed E-state index contributed by atoms with van der Waals surface area (Å²) >= 11 is 1.65. The fraction of sp³-hybridized carbons (Fsp3) is 0.467. The molecule has 7 heteroatoms. The van der Waals surface area contributed by atoms with E-state index in [9.17, 15) is 9.59 Å². The number of likely N-dealkylation sites (tertiary alicyclic amines) is 1. The summed E-state index contributed by atoms with van der Waals surface area (Å²) in [7, 11) is 0. The Morgan fingerprint density at radius 2 is 2.27 bits per heavy atom. The Morgan fingerprint density at radius 1 is 1.45 bits per heavy atom. The van der Waals surface area contributed by atoms with E-state index in [-0.39, 0.29) is 24.2 Å². The van der Waals surface area contributed by atoms with E-state index in [1.165, 1.54) is 0 Å². The van der Waals surface area contributed by atoms with Crippen molar-refractivity contribution >= 4 is 41.7 Å². The summed E-state index contributed by atoms with van der Waals surface area (Å²) in [6, 6.07) is 5.57. The number of rotatable bonds is 2. The Bertz CT molecular complexity index is 582. The molecule has 0 saturated carbocycles. The van der Waals surface area contributed by atoms with Crippen molar-refractivity contribution in [3.63, 3.8) is 0 Å². The Balaban J connectivity index is 0.00000176. The molecule has 1 aromatic rings. The van der Waals surface area contributed by atoms with E-state index < -0.39 is 0 Å². The largest absolute Gasteiger partial charge is 0.338 e. The van der Waals surface area contributed by atoms with E-state index in [0.717, 1.165) is 35.8 Å². The smallest absolute Gasteiger partial charge is 0.253 e. The second-order valence-electron chi connectivity index (χ2n) is 5.50. The number of anilines is 1. The first-order valence-electron chi connectivity index (χ1n) is 7.23. The summed E-state index contributed by atoms with van der Waals surface area (Å²) in [5.74, 6) is 1.22. The molecule has 3 rings (SSSR count). The number of carbonyl (C=O) groups is 2. The van der Waals surface area contributed by atoms with Crippen LogP contribution >= 0.6 is 24.2 Å². The SMILES string of the molecule is Cl.NCC1CCN(C(=O)c2ccc3c(c2)NC(=O)CCS3)C1. The van der Waals surface area contributed by atoms with E-state index in [4.69, 9.17) is 5.73 Å². The number of halogens is 1. The highest BCUT2D eigenvalue weighted by molar-refractivity contribution is 7.99. The van der Waals surface area contributed by atoms with Crippen LogP contribution in [0.2, 0.25) is 0 Å². The van der Waals surface area contributed by atoms with Gasteiger partial charge in [-0.05, 0) is 37.1 Å². The quantitative estimate of drug-likeness (QED) is 0.862. The third-order valence-electron chi connectivity index (χ3n) is 3.99. The number of amides is 2. The van der Waals surface area contributed by atoms with Gasteiger partial charge < -0.3 is 16.0 Å². The average molecular weight is 342 g/mol. The third-order valence-corrected chi connectivity index (χ3v) is 5.07. The zero-order valence-corrected chi connectivity index (χ0v) is 13.8. The lowest BCUT2D eigenvalue weighted by Gasteiger charge is -2.17. The van der Waals surface area contributed by atoms with Crippen LogP contribution in [0, 0.1) is 5.92 Å². The second kappa shape index (κ2) is 7.35. The molecule has 1 fully saturated rings. The first-order chi connectivity index (χ1) is 10.2. The normalized spacial score (nSPS) is 20.7. The van der Waals surface area contributed by atoms with Crippen molar-refractivity contribution < 1.29 is 9.59 Å². The standard InChI is InChI=1S/C15H19N3O2S.ClH/c16-8-10-3-5-18(9-10)15(20)11-1-2-13-12(7-11)17-14(19)4-6-21-13;/h1-2,7,10H,3-6,8-9,16H2,(H,17,19);1H. The van der Waals surface area contributed by atoms with E-state index in [1.54, 1.807) is 17.8 Å². The molecule has 2 aliphatic heterocycles. The molecule has 0 bridgehead atoms. The fourth-order valence-corrected chi connectivity index (χ4v) is 3.68. The lowest BCUT2D eigenvalue weighted by Crippen LogP contribution is -2.29. The van der Waals surface area contributed by atoms with Crippen molar-refractivity contribution in [3.05, 3.63) is 23.8 Å². The molecule has 2 amide bonds. The van der Waals surface area contributed by atoms with Crippen LogP contribution in [-0.4, -0.2) is 42.1 Å². The number of nitrogens with zero attached hydrogens (tertiary/aromatic N) is 1. The van der Waals surface area contributed by atoms with Gasteiger partial charge >= 0.3 is 0 Å². The average Bonchev–Trinajstić information content (AvgIpc) is 2.89. The molecule has 1 saturated heterocycles. The highest BCUT2D eigenvalue weighted by Gasteiger charge is 2.26. The fourth-order valence-electron chi connectivity index (χ4n) is 2.75. The Labute approximate surface area is 140 Å². The predicted octanol–water partition coefficient (Wildman–Crippen LogP) is 1.96. The van der Waals surface area contributed by atoms with Crippen LogP contribution in [-0.2, 0) is 4.79 Å². The van der Waals surface area contributed by atoms with Gasteiger partial charge in [0.25, 0.3) is 5.91 Å². The summed E-state index contributed by atoms with van der Waals surface area (Å²) in [6.07, 6.45) is 1.48. The van der Waals surface area contributed by atoms with E-state index >= 15 is 0 Å². The summed E-state index contributed by atoms with van der Waals surface area (Å²) < 4.78 is 0. The number of fused-ring (bicyclic) bond motifs is 1. The number of nitrogens with one attached hydrogen (secondary N) is 1. The van der Waals surface area contributed by atoms with Gasteiger partial charge in [-0.25, -0.2) is 0 Å².